The molecule has 0 bridgehead atoms. The molecule has 21 heavy (non-hydrogen) atoms. The van der Waals surface area contributed by atoms with Crippen molar-refractivity contribution in [1.29, 1.82) is 0 Å². The molecule has 4 heteroatoms. The van der Waals surface area contributed by atoms with Crippen LogP contribution in [0.4, 0.5) is 0 Å². The van der Waals surface area contributed by atoms with Gasteiger partial charge in [0.15, 0.2) is 5.65 Å². The molecule has 1 aromatic carbocycles. The van der Waals surface area contributed by atoms with E-state index in [1.807, 2.05) is 24.4 Å². The summed E-state index contributed by atoms with van der Waals surface area (Å²) in [5, 5.41) is 2.22. The molecule has 0 amide bonds. The Morgan fingerprint density at radius 2 is 1.57 bits per heavy atom. The Morgan fingerprint density at radius 1 is 0.714 bits per heavy atom. The SMILES string of the molecule is c1ccc2c(c1)cc1c3ncccc3c3nccnc3n21. The Hall–Kier alpha value is -3.01. The van der Waals surface area contributed by atoms with Crippen LogP contribution in [0.5, 0.6) is 0 Å². The maximum atomic E-state index is 4.57. The highest BCUT2D eigenvalue weighted by Gasteiger charge is 2.13. The minimum Gasteiger partial charge on any atom is -0.290 e. The zero-order valence-electron chi connectivity index (χ0n) is 11.1. The minimum atomic E-state index is 0.870. The van der Waals surface area contributed by atoms with Crippen LogP contribution in [0.15, 0.2) is 61.1 Å². The summed E-state index contributed by atoms with van der Waals surface area (Å²) in [6.45, 7) is 0. The summed E-state index contributed by atoms with van der Waals surface area (Å²) in [6.07, 6.45) is 5.28. The van der Waals surface area contributed by atoms with E-state index in [0.717, 1.165) is 33.1 Å². The second kappa shape index (κ2) is 3.76. The van der Waals surface area contributed by atoms with Crippen molar-refractivity contribution in [3.05, 3.63) is 61.1 Å². The van der Waals surface area contributed by atoms with Gasteiger partial charge in [-0.2, -0.15) is 0 Å². The fourth-order valence-corrected chi connectivity index (χ4v) is 3.04. The first-order valence-electron chi connectivity index (χ1n) is 6.81. The second-order valence-electron chi connectivity index (χ2n) is 5.05. The van der Waals surface area contributed by atoms with E-state index in [1.165, 1.54) is 5.39 Å². The smallest absolute Gasteiger partial charge is 0.164 e. The Balaban J connectivity index is 2.25. The first kappa shape index (κ1) is 10.7. The molecule has 0 atom stereocenters. The number of pyridine rings is 2. The first-order chi connectivity index (χ1) is 10.4. The fraction of sp³-hybridized carbons (Fsp3) is 0. The molecule has 4 nitrogen and oxygen atoms in total. The van der Waals surface area contributed by atoms with Crippen molar-refractivity contribution < 1.29 is 0 Å². The van der Waals surface area contributed by atoms with Gasteiger partial charge in [0.1, 0.15) is 5.52 Å². The van der Waals surface area contributed by atoms with Crippen LogP contribution in [0, 0.1) is 0 Å². The largest absolute Gasteiger partial charge is 0.290 e. The first-order valence-corrected chi connectivity index (χ1v) is 6.81. The maximum absolute atomic E-state index is 4.57. The lowest BCUT2D eigenvalue weighted by atomic mass is 10.2. The molecular formula is C17H10N4. The lowest BCUT2D eigenvalue weighted by Crippen LogP contribution is -1.95. The molecule has 0 aliphatic rings. The van der Waals surface area contributed by atoms with Crippen molar-refractivity contribution in [1.82, 2.24) is 19.4 Å². The highest BCUT2D eigenvalue weighted by molar-refractivity contribution is 6.11. The summed E-state index contributed by atoms with van der Waals surface area (Å²) in [5.41, 5.74) is 4.91. The number of hydrogen-bond acceptors (Lipinski definition) is 3. The summed E-state index contributed by atoms with van der Waals surface area (Å²) in [5.74, 6) is 0. The Bertz CT molecular complexity index is 1140. The number of aromatic nitrogens is 4. The monoisotopic (exact) mass is 270 g/mol. The van der Waals surface area contributed by atoms with E-state index in [4.69, 9.17) is 0 Å². The second-order valence-corrected chi connectivity index (χ2v) is 5.05. The summed E-state index contributed by atoms with van der Waals surface area (Å²) in [6, 6.07) is 14.5. The molecule has 0 saturated heterocycles. The van der Waals surface area contributed by atoms with Crippen molar-refractivity contribution in [2.45, 2.75) is 0 Å². The average molecular weight is 270 g/mol. The highest BCUT2D eigenvalue weighted by atomic mass is 15.0. The molecule has 0 unspecified atom stereocenters. The van der Waals surface area contributed by atoms with E-state index in [1.54, 1.807) is 12.4 Å². The third kappa shape index (κ3) is 1.31. The van der Waals surface area contributed by atoms with Gasteiger partial charge in [0.05, 0.1) is 16.6 Å². The number of hydrogen-bond donors (Lipinski definition) is 0. The average Bonchev–Trinajstić information content (AvgIpc) is 2.95. The van der Waals surface area contributed by atoms with Crippen LogP contribution < -0.4 is 0 Å². The van der Waals surface area contributed by atoms with Crippen LogP contribution in [0.1, 0.15) is 0 Å². The van der Waals surface area contributed by atoms with Gasteiger partial charge in [0.25, 0.3) is 0 Å². The van der Waals surface area contributed by atoms with Gasteiger partial charge in [0.2, 0.25) is 0 Å². The predicted octanol–water partition coefficient (Wildman–Crippen LogP) is 3.58. The van der Waals surface area contributed by atoms with Crippen LogP contribution in [-0.2, 0) is 0 Å². The number of fused-ring (bicyclic) bond motifs is 8. The third-order valence-corrected chi connectivity index (χ3v) is 3.91. The van der Waals surface area contributed by atoms with Crippen molar-refractivity contribution in [3.63, 3.8) is 0 Å². The van der Waals surface area contributed by atoms with Gasteiger partial charge in [0, 0.05) is 29.4 Å². The number of nitrogens with zero attached hydrogens (tertiary/aromatic N) is 4. The predicted molar refractivity (Wildman–Crippen MR) is 83.3 cm³/mol. The van der Waals surface area contributed by atoms with Crippen molar-refractivity contribution >= 4 is 38.5 Å². The van der Waals surface area contributed by atoms with Crippen LogP contribution >= 0.6 is 0 Å². The lowest BCUT2D eigenvalue weighted by molar-refractivity contribution is 1.20. The van der Waals surface area contributed by atoms with Crippen molar-refractivity contribution in [3.8, 4) is 0 Å². The van der Waals surface area contributed by atoms with Crippen LogP contribution in [0.2, 0.25) is 0 Å². The van der Waals surface area contributed by atoms with Gasteiger partial charge >= 0.3 is 0 Å². The Morgan fingerprint density at radius 3 is 2.57 bits per heavy atom. The third-order valence-electron chi connectivity index (χ3n) is 3.91. The van der Waals surface area contributed by atoms with Crippen LogP contribution in [0.3, 0.4) is 0 Å². The molecule has 0 spiro atoms. The molecule has 0 aliphatic heterocycles. The standard InChI is InChI=1S/C17H10N4/c1-2-6-13-11(4-1)10-14-15-12(5-3-7-18-15)16-17(21(13)14)20-9-8-19-16/h1-10H. The lowest BCUT2D eigenvalue weighted by Gasteiger charge is -2.06. The minimum absolute atomic E-state index is 0.870. The normalized spacial score (nSPS) is 11.8. The van der Waals surface area contributed by atoms with Gasteiger partial charge < -0.3 is 0 Å². The molecule has 0 fully saturated rings. The summed E-state index contributed by atoms with van der Waals surface area (Å²) >= 11 is 0. The van der Waals surface area contributed by atoms with E-state index in [2.05, 4.69) is 43.6 Å². The summed E-state index contributed by atoms with van der Waals surface area (Å²) in [7, 11) is 0. The molecule has 4 heterocycles. The molecule has 5 aromatic rings. The van der Waals surface area contributed by atoms with Crippen molar-refractivity contribution in [2.24, 2.45) is 0 Å². The number of rotatable bonds is 0. The summed E-state index contributed by atoms with van der Waals surface area (Å²) < 4.78 is 2.15. The van der Waals surface area contributed by atoms with Gasteiger partial charge in [-0.1, -0.05) is 18.2 Å². The fourth-order valence-electron chi connectivity index (χ4n) is 3.04. The highest BCUT2D eigenvalue weighted by Crippen LogP contribution is 2.30. The number of benzene rings is 1. The summed E-state index contributed by atoms with van der Waals surface area (Å²) in [4.78, 5) is 13.6. The molecule has 0 radical (unpaired) electrons. The van der Waals surface area contributed by atoms with E-state index in [9.17, 15) is 0 Å². The van der Waals surface area contributed by atoms with E-state index < -0.39 is 0 Å². The molecule has 98 valence electrons. The Labute approximate surface area is 119 Å². The van der Waals surface area contributed by atoms with E-state index in [0.29, 0.717) is 0 Å². The van der Waals surface area contributed by atoms with Gasteiger partial charge in [-0.3, -0.25) is 14.4 Å². The molecule has 0 saturated carbocycles. The topological polar surface area (TPSA) is 43.1 Å². The van der Waals surface area contributed by atoms with Gasteiger partial charge in [-0.15, -0.1) is 0 Å². The Kier molecular flexibility index (Phi) is 1.92. The van der Waals surface area contributed by atoms with E-state index in [-0.39, 0.29) is 0 Å². The van der Waals surface area contributed by atoms with Gasteiger partial charge in [-0.05, 0) is 24.3 Å². The molecule has 4 aromatic heterocycles. The molecule has 0 aliphatic carbocycles. The van der Waals surface area contributed by atoms with Crippen LogP contribution in [-0.4, -0.2) is 19.4 Å². The molecule has 5 rings (SSSR count). The van der Waals surface area contributed by atoms with E-state index >= 15 is 0 Å². The molecule has 0 N–H and O–H groups in total. The van der Waals surface area contributed by atoms with Crippen molar-refractivity contribution in [2.75, 3.05) is 0 Å². The van der Waals surface area contributed by atoms with Crippen LogP contribution in [0.25, 0.3) is 38.5 Å². The van der Waals surface area contributed by atoms with Gasteiger partial charge in [-0.25, -0.2) is 4.98 Å². The zero-order valence-corrected chi connectivity index (χ0v) is 11.1. The maximum Gasteiger partial charge on any atom is 0.164 e. The quantitative estimate of drug-likeness (QED) is 0.404. The molecular weight excluding hydrogens is 260 g/mol. The zero-order chi connectivity index (χ0) is 13.8. The number of para-hydroxylation sites is 1.